The highest BCUT2D eigenvalue weighted by Gasteiger charge is 2.53. The number of ether oxygens (including phenoxy) is 1. The molecule has 0 unspecified atom stereocenters. The number of aliphatic hydroxyl groups is 1. The summed E-state index contributed by atoms with van der Waals surface area (Å²) in [6.45, 7) is 8.18. The Kier molecular flexibility index (Phi) is 3.07. The van der Waals surface area contributed by atoms with Crippen LogP contribution in [0.15, 0.2) is 11.3 Å². The number of benzene rings is 1. The number of rotatable bonds is 0. The van der Waals surface area contributed by atoms with Crippen molar-refractivity contribution in [3.8, 4) is 17.2 Å². The Morgan fingerprint density at radius 1 is 1.08 bits per heavy atom. The third kappa shape index (κ3) is 1.81. The summed E-state index contributed by atoms with van der Waals surface area (Å²) < 4.78 is 5.63. The lowest BCUT2D eigenvalue weighted by Crippen LogP contribution is -2.43. The van der Waals surface area contributed by atoms with E-state index in [1.54, 1.807) is 0 Å². The van der Waals surface area contributed by atoms with Crippen LogP contribution in [0.5, 0.6) is 17.2 Å². The SMILES string of the molecule is C[C@H]1COc2c(O)c3c(c(O)c21)C(=O)C(O)=C1C(C)(C)CCC[C@]13C. The van der Waals surface area contributed by atoms with Gasteiger partial charge in [0.05, 0.1) is 12.2 Å². The smallest absolute Gasteiger partial charge is 0.231 e. The molecule has 0 spiro atoms. The summed E-state index contributed by atoms with van der Waals surface area (Å²) in [4.78, 5) is 13.0. The molecule has 0 amide bonds. The fraction of sp³-hybridized carbons (Fsp3) is 0.550. The summed E-state index contributed by atoms with van der Waals surface area (Å²) in [7, 11) is 0. The van der Waals surface area contributed by atoms with Gasteiger partial charge in [0, 0.05) is 22.5 Å². The van der Waals surface area contributed by atoms with Crippen molar-refractivity contribution >= 4 is 5.78 Å². The summed E-state index contributed by atoms with van der Waals surface area (Å²) >= 11 is 0. The molecule has 134 valence electrons. The van der Waals surface area contributed by atoms with Crippen molar-refractivity contribution in [2.24, 2.45) is 5.41 Å². The lowest BCUT2D eigenvalue weighted by molar-refractivity contribution is 0.0935. The Hall–Kier alpha value is -2.17. The van der Waals surface area contributed by atoms with E-state index in [0.29, 0.717) is 29.7 Å². The maximum absolute atomic E-state index is 13.0. The molecule has 0 bridgehead atoms. The standard InChI is InChI=1S/C20H24O5/c1-9-8-25-17-10(9)13(21)11-12(15(17)23)20(4)7-5-6-19(2,3)18(20)16(24)14(11)22/h9,21,23-24H,5-8H2,1-4H3/t9-,20-/m0/s1. The molecule has 4 rings (SSSR count). The maximum atomic E-state index is 13.0. The zero-order valence-electron chi connectivity index (χ0n) is 15.1. The first kappa shape index (κ1) is 16.3. The van der Waals surface area contributed by atoms with E-state index in [1.807, 2.05) is 27.7 Å². The van der Waals surface area contributed by atoms with E-state index in [2.05, 4.69) is 0 Å². The second kappa shape index (κ2) is 4.71. The van der Waals surface area contributed by atoms with Crippen molar-refractivity contribution in [2.75, 3.05) is 6.61 Å². The molecule has 1 saturated carbocycles. The monoisotopic (exact) mass is 344 g/mol. The fourth-order valence-electron chi connectivity index (χ4n) is 5.32. The molecule has 2 atom stereocenters. The average Bonchev–Trinajstić information content (AvgIpc) is 2.90. The molecular formula is C20H24O5. The van der Waals surface area contributed by atoms with Gasteiger partial charge in [-0.25, -0.2) is 0 Å². The van der Waals surface area contributed by atoms with E-state index in [1.165, 1.54) is 0 Å². The Morgan fingerprint density at radius 2 is 1.76 bits per heavy atom. The lowest BCUT2D eigenvalue weighted by atomic mass is 9.54. The first-order chi connectivity index (χ1) is 11.6. The van der Waals surface area contributed by atoms with Crippen molar-refractivity contribution < 1.29 is 24.9 Å². The van der Waals surface area contributed by atoms with E-state index in [0.717, 1.165) is 12.8 Å². The number of ketones is 1. The summed E-state index contributed by atoms with van der Waals surface area (Å²) in [5.74, 6) is -0.948. The molecule has 0 saturated heterocycles. The zero-order chi connectivity index (χ0) is 18.3. The summed E-state index contributed by atoms with van der Waals surface area (Å²) in [5, 5.41) is 32.6. The predicted octanol–water partition coefficient (Wildman–Crippen LogP) is 4.07. The largest absolute Gasteiger partial charge is 0.507 e. The van der Waals surface area contributed by atoms with Gasteiger partial charge in [0.25, 0.3) is 0 Å². The van der Waals surface area contributed by atoms with E-state index in [9.17, 15) is 20.1 Å². The van der Waals surface area contributed by atoms with Crippen molar-refractivity contribution in [3.05, 3.63) is 28.0 Å². The van der Waals surface area contributed by atoms with Crippen molar-refractivity contribution in [3.63, 3.8) is 0 Å². The highest BCUT2D eigenvalue weighted by Crippen LogP contribution is 2.62. The third-order valence-electron chi connectivity index (χ3n) is 6.35. The molecule has 1 aromatic carbocycles. The van der Waals surface area contributed by atoms with Crippen molar-refractivity contribution in [2.45, 2.75) is 58.3 Å². The van der Waals surface area contributed by atoms with Crippen LogP contribution in [0.2, 0.25) is 0 Å². The second-order valence-corrected chi connectivity index (χ2v) is 8.52. The van der Waals surface area contributed by atoms with Gasteiger partial charge in [-0.1, -0.05) is 34.1 Å². The number of aliphatic hydroxyl groups excluding tert-OH is 1. The average molecular weight is 344 g/mol. The van der Waals surface area contributed by atoms with Crippen LogP contribution < -0.4 is 4.74 Å². The van der Waals surface area contributed by atoms with Crippen LogP contribution in [-0.2, 0) is 5.41 Å². The Balaban J connectivity index is 2.12. The molecule has 5 nitrogen and oxygen atoms in total. The molecule has 0 radical (unpaired) electrons. The summed E-state index contributed by atoms with van der Waals surface area (Å²) in [6.07, 6.45) is 2.45. The zero-order valence-corrected chi connectivity index (χ0v) is 15.1. The van der Waals surface area contributed by atoms with Crippen LogP contribution in [0.1, 0.15) is 74.4 Å². The number of fused-ring (bicyclic) bond motifs is 4. The minimum absolute atomic E-state index is 0.0371. The van der Waals surface area contributed by atoms with Crippen LogP contribution in [-0.4, -0.2) is 27.7 Å². The van der Waals surface area contributed by atoms with Crippen LogP contribution in [0.3, 0.4) is 0 Å². The van der Waals surface area contributed by atoms with Crippen LogP contribution in [0.4, 0.5) is 0 Å². The van der Waals surface area contributed by atoms with E-state index < -0.39 is 11.2 Å². The summed E-state index contributed by atoms with van der Waals surface area (Å²) in [5.41, 5.74) is 0.489. The van der Waals surface area contributed by atoms with Gasteiger partial charge in [0.2, 0.25) is 5.78 Å². The van der Waals surface area contributed by atoms with E-state index >= 15 is 0 Å². The molecule has 2 aliphatic carbocycles. The number of phenols is 2. The second-order valence-electron chi connectivity index (χ2n) is 8.52. The number of carbonyl (C=O) groups is 1. The Labute approximate surface area is 146 Å². The normalized spacial score (nSPS) is 29.8. The molecule has 3 aliphatic rings. The fourth-order valence-corrected chi connectivity index (χ4v) is 5.32. The molecular weight excluding hydrogens is 320 g/mol. The molecule has 1 fully saturated rings. The first-order valence-electron chi connectivity index (χ1n) is 8.85. The van der Waals surface area contributed by atoms with Crippen molar-refractivity contribution in [1.29, 1.82) is 0 Å². The molecule has 25 heavy (non-hydrogen) atoms. The third-order valence-corrected chi connectivity index (χ3v) is 6.35. The van der Waals surface area contributed by atoms with Gasteiger partial charge in [0.15, 0.2) is 17.3 Å². The Morgan fingerprint density at radius 3 is 2.44 bits per heavy atom. The van der Waals surface area contributed by atoms with Gasteiger partial charge < -0.3 is 20.1 Å². The van der Waals surface area contributed by atoms with Crippen LogP contribution in [0, 0.1) is 5.41 Å². The molecule has 1 heterocycles. The van der Waals surface area contributed by atoms with Gasteiger partial charge in [-0.2, -0.15) is 0 Å². The van der Waals surface area contributed by atoms with Gasteiger partial charge in [-0.05, 0) is 23.8 Å². The van der Waals surface area contributed by atoms with Crippen LogP contribution >= 0.6 is 0 Å². The van der Waals surface area contributed by atoms with Gasteiger partial charge >= 0.3 is 0 Å². The first-order valence-corrected chi connectivity index (χ1v) is 8.85. The number of hydrogen-bond donors (Lipinski definition) is 3. The highest BCUT2D eigenvalue weighted by atomic mass is 16.5. The van der Waals surface area contributed by atoms with Gasteiger partial charge in [-0.15, -0.1) is 0 Å². The number of allylic oxidation sites excluding steroid dienone is 2. The lowest BCUT2D eigenvalue weighted by Gasteiger charge is -2.49. The van der Waals surface area contributed by atoms with E-state index in [-0.39, 0.29) is 39.9 Å². The number of hydrogen-bond acceptors (Lipinski definition) is 5. The number of phenolic OH excluding ortho intramolecular Hbond substituents is 2. The molecule has 3 N–H and O–H groups in total. The number of Topliss-reactive ketones (excluding diaryl/α,β-unsaturated/α-hetero) is 1. The highest BCUT2D eigenvalue weighted by molar-refractivity contribution is 6.13. The summed E-state index contributed by atoms with van der Waals surface area (Å²) in [6, 6.07) is 0. The Bertz CT molecular complexity index is 848. The van der Waals surface area contributed by atoms with Gasteiger partial charge in [-0.3, -0.25) is 4.79 Å². The quantitative estimate of drug-likeness (QED) is 0.618. The maximum Gasteiger partial charge on any atom is 0.231 e. The van der Waals surface area contributed by atoms with Crippen LogP contribution in [0.25, 0.3) is 0 Å². The molecule has 5 heteroatoms. The molecule has 0 aromatic heterocycles. The predicted molar refractivity (Wildman–Crippen MR) is 92.7 cm³/mol. The van der Waals surface area contributed by atoms with Gasteiger partial charge in [0.1, 0.15) is 5.75 Å². The minimum Gasteiger partial charge on any atom is -0.507 e. The molecule has 1 aromatic rings. The van der Waals surface area contributed by atoms with E-state index in [4.69, 9.17) is 4.74 Å². The number of carbonyl (C=O) groups excluding carboxylic acids is 1. The topological polar surface area (TPSA) is 87.0 Å². The molecule has 1 aliphatic heterocycles. The van der Waals surface area contributed by atoms with Crippen molar-refractivity contribution in [1.82, 2.24) is 0 Å². The number of aromatic hydroxyl groups is 2. The minimum atomic E-state index is -0.707.